The van der Waals surface area contributed by atoms with Crippen molar-refractivity contribution >= 4 is 10.9 Å². The molecule has 0 aliphatic heterocycles. The van der Waals surface area contributed by atoms with E-state index in [1.165, 1.54) is 0 Å². The Bertz CT molecular complexity index is 555. The van der Waals surface area contributed by atoms with Crippen molar-refractivity contribution < 1.29 is 5.11 Å². The van der Waals surface area contributed by atoms with Crippen LogP contribution in [-0.4, -0.2) is 16.1 Å². The molecule has 2 aromatic rings. The van der Waals surface area contributed by atoms with E-state index in [9.17, 15) is 5.11 Å². The molecule has 3 rings (SSSR count). The fraction of sp³-hybridized carbons (Fsp3) is 0.357. The molecule has 1 aromatic carbocycles. The van der Waals surface area contributed by atoms with Gasteiger partial charge in [0.05, 0.1) is 11.1 Å². The van der Waals surface area contributed by atoms with E-state index in [1.54, 1.807) is 6.20 Å². The third-order valence-electron chi connectivity index (χ3n) is 3.67. The van der Waals surface area contributed by atoms with Gasteiger partial charge in [0.25, 0.3) is 0 Å². The van der Waals surface area contributed by atoms with Crippen molar-refractivity contribution in [2.75, 3.05) is 0 Å². The number of nitrogens with zero attached hydrogens (tertiary/aromatic N) is 1. The molecule has 2 unspecified atom stereocenters. The molecule has 0 saturated heterocycles. The lowest BCUT2D eigenvalue weighted by Gasteiger charge is -2.23. The van der Waals surface area contributed by atoms with Crippen LogP contribution < -0.4 is 5.73 Å². The predicted octanol–water partition coefficient (Wildman–Crippen LogP) is 1.93. The number of hydrogen-bond acceptors (Lipinski definition) is 3. The second-order valence-corrected chi connectivity index (χ2v) is 4.95. The van der Waals surface area contributed by atoms with Crippen LogP contribution in [0.3, 0.4) is 0 Å². The Morgan fingerprint density at radius 1 is 1.35 bits per heavy atom. The molecule has 88 valence electrons. The molecular weight excluding hydrogens is 212 g/mol. The van der Waals surface area contributed by atoms with E-state index in [2.05, 4.69) is 4.98 Å². The molecule has 0 bridgehead atoms. The molecule has 1 fully saturated rings. The molecule has 3 heteroatoms. The molecule has 1 aliphatic carbocycles. The second kappa shape index (κ2) is 3.79. The van der Waals surface area contributed by atoms with Crippen molar-refractivity contribution in [1.29, 1.82) is 0 Å². The van der Waals surface area contributed by atoms with E-state index in [1.807, 2.05) is 30.3 Å². The first kappa shape index (κ1) is 10.7. The number of nitrogens with two attached hydrogens (primary N) is 1. The van der Waals surface area contributed by atoms with E-state index >= 15 is 0 Å². The van der Waals surface area contributed by atoms with Gasteiger partial charge in [-0.1, -0.05) is 18.2 Å². The highest BCUT2D eigenvalue weighted by Crippen LogP contribution is 2.38. The van der Waals surface area contributed by atoms with Crippen LogP contribution in [0.5, 0.6) is 0 Å². The van der Waals surface area contributed by atoms with E-state index in [-0.39, 0.29) is 6.04 Å². The summed E-state index contributed by atoms with van der Waals surface area (Å²) in [6.07, 6.45) is 4.05. The standard InChI is InChI=1S/C14H16N2O/c15-12-5-6-14(17,9-12)11-4-3-10-2-1-7-16-13(10)8-11/h1-4,7-8,12,17H,5-6,9,15H2. The molecule has 17 heavy (non-hydrogen) atoms. The third-order valence-corrected chi connectivity index (χ3v) is 3.67. The summed E-state index contributed by atoms with van der Waals surface area (Å²) < 4.78 is 0. The largest absolute Gasteiger partial charge is 0.385 e. The zero-order valence-electron chi connectivity index (χ0n) is 9.63. The normalized spacial score (nSPS) is 28.7. The van der Waals surface area contributed by atoms with Crippen LogP contribution in [0.4, 0.5) is 0 Å². The fourth-order valence-corrected chi connectivity index (χ4v) is 2.68. The van der Waals surface area contributed by atoms with Gasteiger partial charge < -0.3 is 10.8 Å². The van der Waals surface area contributed by atoms with Crippen LogP contribution in [-0.2, 0) is 5.60 Å². The topological polar surface area (TPSA) is 59.1 Å². The Labute approximate surface area is 100 Å². The Hall–Kier alpha value is -1.45. The summed E-state index contributed by atoms with van der Waals surface area (Å²) in [6.45, 7) is 0. The van der Waals surface area contributed by atoms with Gasteiger partial charge in [-0.3, -0.25) is 4.98 Å². The minimum absolute atomic E-state index is 0.111. The zero-order chi connectivity index (χ0) is 11.9. The quantitative estimate of drug-likeness (QED) is 0.784. The molecule has 3 nitrogen and oxygen atoms in total. The van der Waals surface area contributed by atoms with Crippen molar-refractivity contribution in [3.63, 3.8) is 0 Å². The highest BCUT2D eigenvalue weighted by atomic mass is 16.3. The van der Waals surface area contributed by atoms with Crippen molar-refractivity contribution in [3.8, 4) is 0 Å². The number of aromatic nitrogens is 1. The predicted molar refractivity (Wildman–Crippen MR) is 67.5 cm³/mol. The summed E-state index contributed by atoms with van der Waals surface area (Å²) in [5, 5.41) is 11.7. The lowest BCUT2D eigenvalue weighted by molar-refractivity contribution is 0.0432. The number of fused-ring (bicyclic) bond motifs is 1. The van der Waals surface area contributed by atoms with Gasteiger partial charge >= 0.3 is 0 Å². The first-order chi connectivity index (χ1) is 8.17. The van der Waals surface area contributed by atoms with Gasteiger partial charge in [0.15, 0.2) is 0 Å². The SMILES string of the molecule is NC1CCC(O)(c2ccc3cccnc3c2)C1. The van der Waals surface area contributed by atoms with Gasteiger partial charge in [0, 0.05) is 17.6 Å². The maximum atomic E-state index is 10.6. The van der Waals surface area contributed by atoms with Crippen LogP contribution in [0.1, 0.15) is 24.8 Å². The first-order valence-corrected chi connectivity index (χ1v) is 6.01. The molecular formula is C14H16N2O. The third kappa shape index (κ3) is 1.81. The first-order valence-electron chi connectivity index (χ1n) is 6.01. The molecule has 1 saturated carbocycles. The molecule has 0 spiro atoms. The highest BCUT2D eigenvalue weighted by molar-refractivity contribution is 5.79. The van der Waals surface area contributed by atoms with Crippen molar-refractivity contribution in [2.45, 2.75) is 30.9 Å². The molecule has 0 amide bonds. The molecule has 2 atom stereocenters. The summed E-state index contributed by atoms with van der Waals surface area (Å²) in [6, 6.07) is 10.0. The van der Waals surface area contributed by atoms with E-state index in [0.29, 0.717) is 6.42 Å². The zero-order valence-corrected chi connectivity index (χ0v) is 9.63. The van der Waals surface area contributed by atoms with Gasteiger partial charge in [0.2, 0.25) is 0 Å². The van der Waals surface area contributed by atoms with Gasteiger partial charge in [0.1, 0.15) is 0 Å². The monoisotopic (exact) mass is 228 g/mol. The number of benzene rings is 1. The minimum Gasteiger partial charge on any atom is -0.385 e. The molecule has 1 aromatic heterocycles. The van der Waals surface area contributed by atoms with Crippen LogP contribution in [0, 0.1) is 0 Å². The Kier molecular flexibility index (Phi) is 2.38. The maximum absolute atomic E-state index is 10.6. The van der Waals surface area contributed by atoms with Crippen LogP contribution in [0.15, 0.2) is 36.5 Å². The summed E-state index contributed by atoms with van der Waals surface area (Å²) in [4.78, 5) is 4.32. The van der Waals surface area contributed by atoms with Gasteiger partial charge in [-0.25, -0.2) is 0 Å². The van der Waals surface area contributed by atoms with Crippen molar-refractivity contribution in [3.05, 3.63) is 42.1 Å². The van der Waals surface area contributed by atoms with Crippen molar-refractivity contribution in [2.24, 2.45) is 5.73 Å². The lowest BCUT2D eigenvalue weighted by Crippen LogP contribution is -2.25. The average molecular weight is 228 g/mol. The summed E-state index contributed by atoms with van der Waals surface area (Å²) in [7, 11) is 0. The molecule has 1 aliphatic rings. The average Bonchev–Trinajstić information content (AvgIpc) is 2.70. The van der Waals surface area contributed by atoms with Crippen LogP contribution in [0.2, 0.25) is 0 Å². The fourth-order valence-electron chi connectivity index (χ4n) is 2.68. The summed E-state index contributed by atoms with van der Waals surface area (Å²) in [5.74, 6) is 0. The van der Waals surface area contributed by atoms with Crippen LogP contribution in [0.25, 0.3) is 10.9 Å². The number of pyridine rings is 1. The highest BCUT2D eigenvalue weighted by Gasteiger charge is 2.37. The second-order valence-electron chi connectivity index (χ2n) is 4.95. The number of rotatable bonds is 1. The van der Waals surface area contributed by atoms with E-state index in [4.69, 9.17) is 5.73 Å². The molecule has 3 N–H and O–H groups in total. The smallest absolute Gasteiger partial charge is 0.0912 e. The van der Waals surface area contributed by atoms with Crippen LogP contribution >= 0.6 is 0 Å². The summed E-state index contributed by atoms with van der Waals surface area (Å²) >= 11 is 0. The van der Waals surface area contributed by atoms with Gasteiger partial charge in [-0.2, -0.15) is 0 Å². The van der Waals surface area contributed by atoms with Gasteiger partial charge in [-0.05, 0) is 37.0 Å². The lowest BCUT2D eigenvalue weighted by atomic mass is 9.91. The number of aliphatic hydroxyl groups is 1. The van der Waals surface area contributed by atoms with E-state index in [0.717, 1.165) is 29.3 Å². The Morgan fingerprint density at radius 2 is 2.24 bits per heavy atom. The Morgan fingerprint density at radius 3 is 3.00 bits per heavy atom. The van der Waals surface area contributed by atoms with Crippen molar-refractivity contribution in [1.82, 2.24) is 4.98 Å². The van der Waals surface area contributed by atoms with E-state index < -0.39 is 5.60 Å². The number of hydrogen-bond donors (Lipinski definition) is 2. The molecule has 1 heterocycles. The van der Waals surface area contributed by atoms with Gasteiger partial charge in [-0.15, -0.1) is 0 Å². The minimum atomic E-state index is -0.759. The maximum Gasteiger partial charge on any atom is 0.0912 e. The Balaban J connectivity index is 2.06. The summed E-state index contributed by atoms with van der Waals surface area (Å²) in [5.41, 5.74) is 7.00. The molecule has 0 radical (unpaired) electrons.